The summed E-state index contributed by atoms with van der Waals surface area (Å²) in [5.74, 6) is -0.149. The zero-order chi connectivity index (χ0) is 14.7. The predicted molar refractivity (Wildman–Crippen MR) is 77.4 cm³/mol. The predicted octanol–water partition coefficient (Wildman–Crippen LogP) is 4.33. The Labute approximate surface area is 124 Å². The smallest absolute Gasteiger partial charge is 0.124 e. The Balaban J connectivity index is 2.18. The maximum Gasteiger partial charge on any atom is 0.124 e. The number of nitrogens with two attached hydrogens (primary N) is 1. The second-order valence-corrected chi connectivity index (χ2v) is 5.35. The van der Waals surface area contributed by atoms with Crippen LogP contribution in [0.25, 0.3) is 0 Å². The van der Waals surface area contributed by atoms with Gasteiger partial charge in [0.2, 0.25) is 0 Å². The Kier molecular flexibility index (Phi) is 4.73. The van der Waals surface area contributed by atoms with Crippen LogP contribution in [0.5, 0.6) is 5.75 Å². The number of halogens is 3. The van der Waals surface area contributed by atoms with Gasteiger partial charge in [0, 0.05) is 21.6 Å². The zero-order valence-corrected chi connectivity index (χ0v) is 12.5. The van der Waals surface area contributed by atoms with Crippen LogP contribution in [0.1, 0.15) is 24.1 Å². The van der Waals surface area contributed by atoms with Gasteiger partial charge in [0.1, 0.15) is 24.0 Å². The first-order valence-corrected chi connectivity index (χ1v) is 6.88. The number of hydrogen-bond acceptors (Lipinski definition) is 2. The molecule has 5 heteroatoms. The maximum atomic E-state index is 13.2. The molecule has 1 unspecified atom stereocenters. The molecule has 2 aromatic carbocycles. The molecule has 0 amide bonds. The Morgan fingerprint density at radius 3 is 2.45 bits per heavy atom. The molecule has 0 radical (unpaired) electrons. The van der Waals surface area contributed by atoms with Gasteiger partial charge in [0.15, 0.2) is 0 Å². The lowest BCUT2D eigenvalue weighted by Crippen LogP contribution is -2.08. The maximum absolute atomic E-state index is 13.2. The van der Waals surface area contributed by atoms with Crippen molar-refractivity contribution in [1.29, 1.82) is 0 Å². The van der Waals surface area contributed by atoms with E-state index in [9.17, 15) is 8.78 Å². The fourth-order valence-electron chi connectivity index (χ4n) is 1.80. The summed E-state index contributed by atoms with van der Waals surface area (Å²) in [6.07, 6.45) is 0. The first-order valence-electron chi connectivity index (χ1n) is 6.09. The highest BCUT2D eigenvalue weighted by atomic mass is 79.9. The van der Waals surface area contributed by atoms with Gasteiger partial charge in [0.05, 0.1) is 0 Å². The molecule has 0 aliphatic rings. The molecular formula is C15H14BrF2NO. The van der Waals surface area contributed by atoms with Gasteiger partial charge in [-0.05, 0) is 37.3 Å². The highest BCUT2D eigenvalue weighted by Gasteiger charge is 2.10. The van der Waals surface area contributed by atoms with E-state index in [1.165, 1.54) is 24.3 Å². The van der Waals surface area contributed by atoms with Gasteiger partial charge in [-0.3, -0.25) is 0 Å². The molecule has 2 rings (SSSR count). The lowest BCUT2D eigenvalue weighted by molar-refractivity contribution is 0.300. The van der Waals surface area contributed by atoms with Gasteiger partial charge >= 0.3 is 0 Å². The van der Waals surface area contributed by atoms with E-state index in [0.717, 1.165) is 5.56 Å². The first kappa shape index (κ1) is 14.9. The number of hydrogen-bond donors (Lipinski definition) is 1. The fraction of sp³-hybridized carbons (Fsp3) is 0.200. The van der Waals surface area contributed by atoms with Crippen LogP contribution in [0.15, 0.2) is 40.9 Å². The van der Waals surface area contributed by atoms with Crippen LogP contribution >= 0.6 is 15.9 Å². The zero-order valence-electron chi connectivity index (χ0n) is 10.9. The van der Waals surface area contributed by atoms with Crippen molar-refractivity contribution in [2.45, 2.75) is 19.6 Å². The van der Waals surface area contributed by atoms with Crippen molar-refractivity contribution in [3.63, 3.8) is 0 Å². The Bertz CT molecular complexity index is 617. The van der Waals surface area contributed by atoms with Crippen LogP contribution in [0, 0.1) is 11.6 Å². The number of ether oxygens (including phenoxy) is 1. The van der Waals surface area contributed by atoms with E-state index in [2.05, 4.69) is 15.9 Å². The normalized spacial score (nSPS) is 12.2. The molecule has 0 fully saturated rings. The first-order chi connectivity index (χ1) is 9.47. The Hall–Kier alpha value is -1.46. The average Bonchev–Trinajstić information content (AvgIpc) is 2.38. The molecule has 0 heterocycles. The number of rotatable bonds is 4. The molecule has 2 N–H and O–H groups in total. The fourth-order valence-corrected chi connectivity index (χ4v) is 2.27. The van der Waals surface area contributed by atoms with Gasteiger partial charge in [-0.25, -0.2) is 8.78 Å². The molecule has 2 nitrogen and oxygen atoms in total. The van der Waals surface area contributed by atoms with Gasteiger partial charge < -0.3 is 10.5 Å². The van der Waals surface area contributed by atoms with E-state index >= 15 is 0 Å². The largest absolute Gasteiger partial charge is 0.489 e. The van der Waals surface area contributed by atoms with E-state index in [0.29, 0.717) is 15.8 Å². The molecule has 0 saturated heterocycles. The summed E-state index contributed by atoms with van der Waals surface area (Å²) in [4.78, 5) is 0. The molecule has 106 valence electrons. The minimum absolute atomic E-state index is 0.242. The lowest BCUT2D eigenvalue weighted by Gasteiger charge is -2.14. The van der Waals surface area contributed by atoms with Crippen molar-refractivity contribution in [3.8, 4) is 5.75 Å². The van der Waals surface area contributed by atoms with Crippen molar-refractivity contribution in [3.05, 3.63) is 63.6 Å². The SMILES string of the molecule is CC(N)c1cc(F)ccc1OCc1ccc(F)cc1Br. The number of benzene rings is 2. The molecule has 1 atom stereocenters. The van der Waals surface area contributed by atoms with Crippen molar-refractivity contribution in [2.75, 3.05) is 0 Å². The minimum Gasteiger partial charge on any atom is -0.489 e. The van der Waals surface area contributed by atoms with Crippen molar-refractivity contribution < 1.29 is 13.5 Å². The topological polar surface area (TPSA) is 35.2 Å². The molecule has 0 saturated carbocycles. The highest BCUT2D eigenvalue weighted by Crippen LogP contribution is 2.27. The molecule has 20 heavy (non-hydrogen) atoms. The van der Waals surface area contributed by atoms with Gasteiger partial charge in [-0.15, -0.1) is 0 Å². The third-order valence-electron chi connectivity index (χ3n) is 2.86. The molecule has 0 aliphatic carbocycles. The Morgan fingerprint density at radius 1 is 1.15 bits per heavy atom. The van der Waals surface area contributed by atoms with E-state index in [1.54, 1.807) is 19.1 Å². The average molecular weight is 342 g/mol. The summed E-state index contributed by atoms with van der Waals surface area (Å²) in [6.45, 7) is 2.00. The standard InChI is InChI=1S/C15H14BrF2NO/c1-9(19)13-6-11(17)4-5-15(13)20-8-10-2-3-12(18)7-14(10)16/h2-7,9H,8,19H2,1H3. The van der Waals surface area contributed by atoms with Gasteiger partial charge in [-0.2, -0.15) is 0 Å². The van der Waals surface area contributed by atoms with Gasteiger partial charge in [-0.1, -0.05) is 22.0 Å². The summed E-state index contributed by atoms with van der Waals surface area (Å²) in [5.41, 5.74) is 7.19. The second-order valence-electron chi connectivity index (χ2n) is 4.50. The molecular weight excluding hydrogens is 328 g/mol. The summed E-state index contributed by atoms with van der Waals surface area (Å²) in [5, 5.41) is 0. The van der Waals surface area contributed by atoms with Crippen LogP contribution in [-0.2, 0) is 6.61 Å². The van der Waals surface area contributed by atoms with E-state index < -0.39 is 0 Å². The van der Waals surface area contributed by atoms with Crippen LogP contribution in [0.4, 0.5) is 8.78 Å². The van der Waals surface area contributed by atoms with E-state index in [1.807, 2.05) is 0 Å². The second kappa shape index (κ2) is 6.33. The minimum atomic E-state index is -0.354. The van der Waals surface area contributed by atoms with E-state index in [-0.39, 0.29) is 24.3 Å². The summed E-state index contributed by atoms with van der Waals surface area (Å²) < 4.78 is 32.5. The summed E-state index contributed by atoms with van der Waals surface area (Å²) in [7, 11) is 0. The highest BCUT2D eigenvalue weighted by molar-refractivity contribution is 9.10. The van der Waals surface area contributed by atoms with E-state index in [4.69, 9.17) is 10.5 Å². The molecule has 2 aromatic rings. The molecule has 0 aliphatic heterocycles. The van der Waals surface area contributed by atoms with Crippen molar-refractivity contribution >= 4 is 15.9 Å². The summed E-state index contributed by atoms with van der Waals surface area (Å²) in [6, 6.07) is 8.26. The Morgan fingerprint density at radius 2 is 1.80 bits per heavy atom. The van der Waals surface area contributed by atoms with Crippen LogP contribution < -0.4 is 10.5 Å². The molecule has 0 aromatic heterocycles. The third-order valence-corrected chi connectivity index (χ3v) is 3.60. The van der Waals surface area contributed by atoms with Crippen molar-refractivity contribution in [2.24, 2.45) is 5.73 Å². The van der Waals surface area contributed by atoms with Gasteiger partial charge in [0.25, 0.3) is 0 Å². The third kappa shape index (κ3) is 3.55. The quantitative estimate of drug-likeness (QED) is 0.898. The van der Waals surface area contributed by atoms with Crippen molar-refractivity contribution in [1.82, 2.24) is 0 Å². The molecule has 0 bridgehead atoms. The van der Waals surface area contributed by atoms with Crippen LogP contribution in [0.2, 0.25) is 0 Å². The van der Waals surface area contributed by atoms with Crippen LogP contribution in [-0.4, -0.2) is 0 Å². The van der Waals surface area contributed by atoms with Crippen LogP contribution in [0.3, 0.4) is 0 Å². The summed E-state index contributed by atoms with van der Waals surface area (Å²) >= 11 is 3.28. The molecule has 0 spiro atoms. The monoisotopic (exact) mass is 341 g/mol. The lowest BCUT2D eigenvalue weighted by atomic mass is 10.1.